The summed E-state index contributed by atoms with van der Waals surface area (Å²) in [5.41, 5.74) is -0.121. The molecule has 1 N–H and O–H groups in total. The third kappa shape index (κ3) is 1.58. The Bertz CT molecular complexity index is 434. The first-order valence-corrected chi connectivity index (χ1v) is 3.64. The molecule has 0 amide bonds. The molecule has 0 aliphatic rings. The first-order valence-electron chi connectivity index (χ1n) is 3.64. The molecule has 0 radical (unpaired) electrons. The highest BCUT2D eigenvalue weighted by atomic mass is 16.5. The van der Waals surface area contributed by atoms with E-state index in [0.717, 1.165) is 0 Å². The average Bonchev–Trinajstić information content (AvgIpc) is 2.75. The molecule has 0 unspecified atom stereocenters. The molecule has 0 saturated heterocycles. The first kappa shape index (κ1) is 8.35. The lowest BCUT2D eigenvalue weighted by molar-refractivity contribution is 0.0690. The maximum absolute atomic E-state index is 10.4. The molecule has 8 nitrogen and oxygen atoms in total. The summed E-state index contributed by atoms with van der Waals surface area (Å²) < 4.78 is 6.01. The van der Waals surface area contributed by atoms with E-state index in [1.807, 2.05) is 0 Å². The second kappa shape index (κ2) is 3.24. The minimum Gasteiger partial charge on any atom is -0.476 e. The fourth-order valence-electron chi connectivity index (χ4n) is 0.878. The molecule has 2 heterocycles. The normalized spacial score (nSPS) is 10.3. The van der Waals surface area contributed by atoms with E-state index in [0.29, 0.717) is 5.89 Å². The van der Waals surface area contributed by atoms with Gasteiger partial charge < -0.3 is 9.63 Å². The molecule has 0 spiro atoms. The third-order valence-corrected chi connectivity index (χ3v) is 1.46. The molecule has 0 fully saturated rings. The SMILES string of the molecule is O=C(O)c1cn(Cc2ncno2)nn1. The summed E-state index contributed by atoms with van der Waals surface area (Å²) in [6.07, 6.45) is 2.54. The molecular weight excluding hydrogens is 190 g/mol. The van der Waals surface area contributed by atoms with Crippen molar-refractivity contribution < 1.29 is 14.4 Å². The first-order chi connectivity index (χ1) is 6.75. The number of carboxylic acids is 1. The van der Waals surface area contributed by atoms with Gasteiger partial charge in [-0.25, -0.2) is 9.48 Å². The Labute approximate surface area is 77.2 Å². The van der Waals surface area contributed by atoms with E-state index in [1.54, 1.807) is 0 Å². The Morgan fingerprint density at radius 2 is 2.50 bits per heavy atom. The molecular formula is C6H5N5O3. The molecule has 0 aliphatic heterocycles. The van der Waals surface area contributed by atoms with Crippen LogP contribution in [0.1, 0.15) is 16.4 Å². The van der Waals surface area contributed by atoms with Crippen LogP contribution in [0.25, 0.3) is 0 Å². The van der Waals surface area contributed by atoms with Gasteiger partial charge in [0.2, 0.25) is 5.89 Å². The maximum atomic E-state index is 10.4. The zero-order chi connectivity index (χ0) is 9.97. The highest BCUT2D eigenvalue weighted by Crippen LogP contribution is 1.97. The second-order valence-corrected chi connectivity index (χ2v) is 2.44. The Morgan fingerprint density at radius 3 is 3.07 bits per heavy atom. The summed E-state index contributed by atoms with van der Waals surface area (Å²) in [4.78, 5) is 14.2. The van der Waals surface area contributed by atoms with E-state index in [1.165, 1.54) is 17.2 Å². The number of rotatable bonds is 3. The van der Waals surface area contributed by atoms with Crippen LogP contribution in [0.3, 0.4) is 0 Å². The summed E-state index contributed by atoms with van der Waals surface area (Å²) in [5, 5.41) is 18.9. The van der Waals surface area contributed by atoms with Crippen LogP contribution in [-0.2, 0) is 6.54 Å². The minimum atomic E-state index is -1.12. The Hall–Kier alpha value is -2.25. The van der Waals surface area contributed by atoms with Crippen LogP contribution in [0.15, 0.2) is 17.0 Å². The van der Waals surface area contributed by atoms with Crippen LogP contribution < -0.4 is 0 Å². The largest absolute Gasteiger partial charge is 0.476 e. The average molecular weight is 195 g/mol. The van der Waals surface area contributed by atoms with E-state index >= 15 is 0 Å². The van der Waals surface area contributed by atoms with E-state index in [9.17, 15) is 4.79 Å². The van der Waals surface area contributed by atoms with Gasteiger partial charge in [0.25, 0.3) is 0 Å². The lowest BCUT2D eigenvalue weighted by Crippen LogP contribution is -2.00. The van der Waals surface area contributed by atoms with Gasteiger partial charge in [0, 0.05) is 0 Å². The quantitative estimate of drug-likeness (QED) is 0.697. The van der Waals surface area contributed by atoms with Crippen molar-refractivity contribution in [3.63, 3.8) is 0 Å². The van der Waals surface area contributed by atoms with E-state index < -0.39 is 5.97 Å². The molecule has 2 rings (SSSR count). The molecule has 72 valence electrons. The van der Waals surface area contributed by atoms with Crippen molar-refractivity contribution in [2.24, 2.45) is 0 Å². The second-order valence-electron chi connectivity index (χ2n) is 2.44. The van der Waals surface area contributed by atoms with Crippen LogP contribution in [0, 0.1) is 0 Å². The molecule has 0 aliphatic carbocycles. The van der Waals surface area contributed by atoms with E-state index in [4.69, 9.17) is 9.63 Å². The zero-order valence-corrected chi connectivity index (χ0v) is 6.86. The van der Waals surface area contributed by atoms with Crippen LogP contribution >= 0.6 is 0 Å². The molecule has 0 aromatic carbocycles. The Balaban J connectivity index is 2.14. The fraction of sp³-hybridized carbons (Fsp3) is 0.167. The zero-order valence-electron chi connectivity index (χ0n) is 6.86. The van der Waals surface area contributed by atoms with E-state index in [2.05, 4.69) is 20.5 Å². The number of hydrogen-bond acceptors (Lipinski definition) is 6. The molecule has 2 aromatic heterocycles. The Morgan fingerprint density at radius 1 is 1.64 bits per heavy atom. The lowest BCUT2D eigenvalue weighted by Gasteiger charge is -1.91. The number of hydrogen-bond donors (Lipinski definition) is 1. The maximum Gasteiger partial charge on any atom is 0.358 e. The summed E-state index contributed by atoms with van der Waals surface area (Å²) in [5.74, 6) is -0.784. The van der Waals surface area contributed by atoms with Gasteiger partial charge in [-0.05, 0) is 0 Å². The molecule has 14 heavy (non-hydrogen) atoms. The van der Waals surface area contributed by atoms with Crippen LogP contribution in [0.2, 0.25) is 0 Å². The molecule has 2 aromatic rings. The third-order valence-electron chi connectivity index (χ3n) is 1.46. The highest BCUT2D eigenvalue weighted by Gasteiger charge is 2.09. The van der Waals surface area contributed by atoms with Crippen molar-refractivity contribution in [1.29, 1.82) is 0 Å². The van der Waals surface area contributed by atoms with Gasteiger partial charge in [-0.1, -0.05) is 10.4 Å². The van der Waals surface area contributed by atoms with Crippen molar-refractivity contribution in [2.75, 3.05) is 0 Å². The van der Waals surface area contributed by atoms with Crippen molar-refractivity contribution in [1.82, 2.24) is 25.1 Å². The van der Waals surface area contributed by atoms with Crippen molar-refractivity contribution in [3.8, 4) is 0 Å². The van der Waals surface area contributed by atoms with Gasteiger partial charge in [-0.15, -0.1) is 5.10 Å². The smallest absolute Gasteiger partial charge is 0.358 e. The molecule has 8 heteroatoms. The van der Waals surface area contributed by atoms with Gasteiger partial charge >= 0.3 is 5.97 Å². The van der Waals surface area contributed by atoms with E-state index in [-0.39, 0.29) is 12.2 Å². The molecule has 0 bridgehead atoms. The molecule has 0 atom stereocenters. The standard InChI is InChI=1S/C6H5N5O3/c12-6(13)4-1-11(10-9-4)2-5-7-3-8-14-5/h1,3H,2H2,(H,12,13). The Kier molecular flexibility index (Phi) is 1.94. The monoisotopic (exact) mass is 195 g/mol. The van der Waals surface area contributed by atoms with Gasteiger partial charge in [-0.2, -0.15) is 4.98 Å². The summed E-state index contributed by atoms with van der Waals surface area (Å²) in [6, 6.07) is 0. The van der Waals surface area contributed by atoms with Crippen molar-refractivity contribution >= 4 is 5.97 Å². The number of aromatic nitrogens is 5. The number of carboxylic acid groups (broad SMARTS) is 1. The number of nitrogens with zero attached hydrogens (tertiary/aromatic N) is 5. The summed E-state index contributed by atoms with van der Waals surface area (Å²) in [7, 11) is 0. The fourth-order valence-corrected chi connectivity index (χ4v) is 0.878. The topological polar surface area (TPSA) is 107 Å². The number of aromatic carboxylic acids is 1. The van der Waals surface area contributed by atoms with Gasteiger partial charge in [0.1, 0.15) is 6.54 Å². The van der Waals surface area contributed by atoms with Gasteiger partial charge in [0.05, 0.1) is 6.20 Å². The van der Waals surface area contributed by atoms with Gasteiger partial charge in [-0.3, -0.25) is 0 Å². The van der Waals surface area contributed by atoms with Crippen LogP contribution in [0.4, 0.5) is 0 Å². The predicted molar refractivity (Wildman–Crippen MR) is 40.4 cm³/mol. The number of carbonyl (C=O) groups is 1. The van der Waals surface area contributed by atoms with Crippen LogP contribution in [-0.4, -0.2) is 36.2 Å². The van der Waals surface area contributed by atoms with Crippen LogP contribution in [0.5, 0.6) is 0 Å². The summed E-state index contributed by atoms with van der Waals surface area (Å²) in [6.45, 7) is 0.209. The molecule has 0 saturated carbocycles. The van der Waals surface area contributed by atoms with Crippen molar-refractivity contribution in [2.45, 2.75) is 6.54 Å². The van der Waals surface area contributed by atoms with Gasteiger partial charge in [0.15, 0.2) is 12.0 Å². The van der Waals surface area contributed by atoms with Crippen molar-refractivity contribution in [3.05, 3.63) is 24.1 Å². The summed E-state index contributed by atoms with van der Waals surface area (Å²) >= 11 is 0. The minimum absolute atomic E-state index is 0.121. The lowest BCUT2D eigenvalue weighted by atomic mass is 10.5. The highest BCUT2D eigenvalue weighted by molar-refractivity contribution is 5.84. The predicted octanol–water partition coefficient (Wildman–Crippen LogP) is -0.592.